The van der Waals surface area contributed by atoms with E-state index in [2.05, 4.69) is 45.0 Å². The maximum atomic E-state index is 12.2. The quantitative estimate of drug-likeness (QED) is 0.643. The van der Waals surface area contributed by atoms with Crippen molar-refractivity contribution in [3.8, 4) is 0 Å². The highest BCUT2D eigenvalue weighted by Crippen LogP contribution is 2.26. The van der Waals surface area contributed by atoms with Crippen molar-refractivity contribution in [2.45, 2.75) is 32.7 Å². The Bertz CT molecular complexity index is 869. The molecule has 2 aromatic carbocycles. The SMILES string of the molecule is CC(C)(C)c1ccc(Cn2c(=O)sc3cccc(Cl)c32)cc1. The van der Waals surface area contributed by atoms with Crippen LogP contribution in [0, 0.1) is 0 Å². The molecular weight excluding hydrogens is 314 g/mol. The fourth-order valence-corrected chi connectivity index (χ4v) is 3.77. The Morgan fingerprint density at radius 2 is 1.77 bits per heavy atom. The molecule has 0 aliphatic rings. The number of nitrogens with zero attached hydrogens (tertiary/aromatic N) is 1. The number of para-hydroxylation sites is 1. The van der Waals surface area contributed by atoms with Crippen molar-refractivity contribution >= 4 is 33.2 Å². The normalized spacial score (nSPS) is 12.0. The zero-order valence-corrected chi connectivity index (χ0v) is 14.5. The predicted molar refractivity (Wildman–Crippen MR) is 95.3 cm³/mol. The molecule has 0 N–H and O–H groups in total. The second kappa shape index (κ2) is 5.56. The largest absolute Gasteiger partial charge is 0.308 e. The van der Waals surface area contributed by atoms with Gasteiger partial charge in [-0.3, -0.25) is 9.36 Å². The summed E-state index contributed by atoms with van der Waals surface area (Å²) in [6.07, 6.45) is 0. The maximum absolute atomic E-state index is 12.2. The van der Waals surface area contributed by atoms with Crippen molar-refractivity contribution in [1.29, 1.82) is 0 Å². The summed E-state index contributed by atoms with van der Waals surface area (Å²) >= 11 is 7.52. The molecule has 0 saturated carbocycles. The van der Waals surface area contributed by atoms with E-state index in [-0.39, 0.29) is 10.3 Å². The van der Waals surface area contributed by atoms with E-state index in [0.29, 0.717) is 11.6 Å². The molecule has 0 spiro atoms. The van der Waals surface area contributed by atoms with Crippen LogP contribution in [0.3, 0.4) is 0 Å². The van der Waals surface area contributed by atoms with Crippen molar-refractivity contribution < 1.29 is 0 Å². The standard InChI is InChI=1S/C18H18ClNOS/c1-18(2,3)13-9-7-12(8-10-13)11-20-16-14(19)5-4-6-15(16)22-17(20)21/h4-10H,11H2,1-3H3. The van der Waals surface area contributed by atoms with Gasteiger partial charge < -0.3 is 0 Å². The molecule has 0 aliphatic carbocycles. The first-order chi connectivity index (χ1) is 10.4. The van der Waals surface area contributed by atoms with Gasteiger partial charge in [-0.2, -0.15) is 0 Å². The zero-order chi connectivity index (χ0) is 15.9. The second-order valence-electron chi connectivity index (χ2n) is 6.49. The fourth-order valence-electron chi connectivity index (χ4n) is 2.52. The van der Waals surface area contributed by atoms with Gasteiger partial charge in [-0.25, -0.2) is 0 Å². The van der Waals surface area contributed by atoms with Gasteiger partial charge in [0.2, 0.25) is 0 Å². The molecule has 0 unspecified atom stereocenters. The smallest absolute Gasteiger partial charge is 0.293 e. The molecule has 3 rings (SSSR count). The molecular formula is C18H18ClNOS. The molecule has 3 aromatic rings. The number of aromatic nitrogens is 1. The van der Waals surface area contributed by atoms with E-state index in [4.69, 9.17) is 11.6 Å². The predicted octanol–water partition coefficient (Wildman–Crippen LogP) is 5.06. The molecule has 1 aromatic heterocycles. The number of thiazole rings is 1. The van der Waals surface area contributed by atoms with Gasteiger partial charge in [0.05, 0.1) is 21.8 Å². The first-order valence-electron chi connectivity index (χ1n) is 7.23. The lowest BCUT2D eigenvalue weighted by Gasteiger charge is -2.19. The van der Waals surface area contributed by atoms with E-state index in [0.717, 1.165) is 15.8 Å². The lowest BCUT2D eigenvalue weighted by atomic mass is 9.87. The van der Waals surface area contributed by atoms with Gasteiger partial charge in [0.15, 0.2) is 0 Å². The van der Waals surface area contributed by atoms with Gasteiger partial charge >= 0.3 is 4.87 Å². The van der Waals surface area contributed by atoms with E-state index in [9.17, 15) is 4.79 Å². The molecule has 2 nitrogen and oxygen atoms in total. The molecule has 0 amide bonds. The fraction of sp³-hybridized carbons (Fsp3) is 0.278. The summed E-state index contributed by atoms with van der Waals surface area (Å²) in [4.78, 5) is 12.3. The highest BCUT2D eigenvalue weighted by atomic mass is 35.5. The lowest BCUT2D eigenvalue weighted by molar-refractivity contribution is 0.590. The van der Waals surface area contributed by atoms with Crippen molar-refractivity contribution in [2.75, 3.05) is 0 Å². The van der Waals surface area contributed by atoms with Gasteiger partial charge in [0.1, 0.15) is 0 Å². The van der Waals surface area contributed by atoms with Crippen LogP contribution in [0.4, 0.5) is 0 Å². The van der Waals surface area contributed by atoms with Gasteiger partial charge in [-0.1, -0.05) is 74.0 Å². The average Bonchev–Trinajstić information content (AvgIpc) is 2.76. The minimum atomic E-state index is 0.0306. The van der Waals surface area contributed by atoms with E-state index in [1.807, 2.05) is 18.2 Å². The van der Waals surface area contributed by atoms with Crippen LogP contribution in [0.5, 0.6) is 0 Å². The maximum Gasteiger partial charge on any atom is 0.308 e. The number of hydrogen-bond donors (Lipinski definition) is 0. The number of halogens is 1. The van der Waals surface area contributed by atoms with Crippen molar-refractivity contribution in [2.24, 2.45) is 0 Å². The van der Waals surface area contributed by atoms with Crippen LogP contribution in [0.2, 0.25) is 5.02 Å². The summed E-state index contributed by atoms with van der Waals surface area (Å²) in [5, 5.41) is 0.627. The van der Waals surface area contributed by atoms with E-state index < -0.39 is 0 Å². The molecule has 114 valence electrons. The number of fused-ring (bicyclic) bond motifs is 1. The van der Waals surface area contributed by atoms with Gasteiger partial charge in [-0.15, -0.1) is 0 Å². The van der Waals surface area contributed by atoms with Crippen LogP contribution in [0.25, 0.3) is 10.2 Å². The van der Waals surface area contributed by atoms with Crippen LogP contribution in [0.15, 0.2) is 47.3 Å². The highest BCUT2D eigenvalue weighted by molar-refractivity contribution is 7.16. The average molecular weight is 332 g/mol. The third-order valence-electron chi connectivity index (χ3n) is 3.80. The molecule has 0 saturated heterocycles. The summed E-state index contributed by atoms with van der Waals surface area (Å²) in [5.41, 5.74) is 3.36. The van der Waals surface area contributed by atoms with Crippen LogP contribution in [-0.4, -0.2) is 4.57 Å². The molecule has 4 heteroatoms. The minimum absolute atomic E-state index is 0.0306. The molecule has 0 bridgehead atoms. The van der Waals surface area contributed by atoms with Crippen molar-refractivity contribution in [1.82, 2.24) is 4.57 Å². The third kappa shape index (κ3) is 2.83. The first-order valence-corrected chi connectivity index (χ1v) is 8.43. The summed E-state index contributed by atoms with van der Waals surface area (Å²) in [6, 6.07) is 14.1. The molecule has 0 fully saturated rings. The molecule has 0 radical (unpaired) electrons. The molecule has 22 heavy (non-hydrogen) atoms. The Morgan fingerprint density at radius 3 is 2.41 bits per heavy atom. The summed E-state index contributed by atoms with van der Waals surface area (Å²) in [7, 11) is 0. The van der Waals surface area contributed by atoms with Crippen LogP contribution < -0.4 is 4.87 Å². The Labute approximate surface area is 139 Å². The number of benzene rings is 2. The van der Waals surface area contributed by atoms with Crippen molar-refractivity contribution in [3.05, 3.63) is 68.3 Å². The summed E-state index contributed by atoms with van der Waals surface area (Å²) in [5.74, 6) is 0. The Kier molecular flexibility index (Phi) is 3.87. The zero-order valence-electron chi connectivity index (χ0n) is 12.9. The molecule has 1 heterocycles. The molecule has 0 atom stereocenters. The van der Waals surface area contributed by atoms with Crippen LogP contribution in [0.1, 0.15) is 31.9 Å². The number of hydrogen-bond acceptors (Lipinski definition) is 2. The first kappa shape index (κ1) is 15.3. The summed E-state index contributed by atoms with van der Waals surface area (Å²) in [6.45, 7) is 7.13. The lowest BCUT2D eigenvalue weighted by Crippen LogP contribution is -2.14. The topological polar surface area (TPSA) is 22.0 Å². The third-order valence-corrected chi connectivity index (χ3v) is 5.05. The van der Waals surface area contributed by atoms with Gasteiger partial charge in [0, 0.05) is 0 Å². The van der Waals surface area contributed by atoms with Gasteiger partial charge in [0.25, 0.3) is 0 Å². The Morgan fingerprint density at radius 1 is 1.09 bits per heavy atom. The van der Waals surface area contributed by atoms with Gasteiger partial charge in [-0.05, 0) is 28.7 Å². The molecule has 0 aliphatic heterocycles. The number of rotatable bonds is 2. The van der Waals surface area contributed by atoms with E-state index in [1.54, 1.807) is 4.57 Å². The van der Waals surface area contributed by atoms with E-state index in [1.165, 1.54) is 16.9 Å². The van der Waals surface area contributed by atoms with Crippen LogP contribution >= 0.6 is 22.9 Å². The monoisotopic (exact) mass is 331 g/mol. The Balaban J connectivity index is 2.00. The summed E-state index contributed by atoms with van der Waals surface area (Å²) < 4.78 is 2.69. The van der Waals surface area contributed by atoms with Crippen LogP contribution in [-0.2, 0) is 12.0 Å². The Hall–Kier alpha value is -1.58. The minimum Gasteiger partial charge on any atom is -0.293 e. The second-order valence-corrected chi connectivity index (χ2v) is 7.89. The highest BCUT2D eigenvalue weighted by Gasteiger charge is 2.14. The van der Waals surface area contributed by atoms with E-state index >= 15 is 0 Å². The van der Waals surface area contributed by atoms with Crippen molar-refractivity contribution in [3.63, 3.8) is 0 Å².